The normalized spacial score (nSPS) is 12.6. The van der Waals surface area contributed by atoms with Gasteiger partial charge < -0.3 is 9.30 Å². The molecule has 0 aliphatic rings. The summed E-state index contributed by atoms with van der Waals surface area (Å²) in [4.78, 5) is 17.0. The lowest BCUT2D eigenvalue weighted by atomic mass is 10.1. The molecule has 4 nitrogen and oxygen atoms in total. The maximum absolute atomic E-state index is 12.9. The van der Waals surface area contributed by atoms with Crippen LogP contribution in [0.4, 0.5) is 13.2 Å². The van der Waals surface area contributed by atoms with Gasteiger partial charge in [-0.1, -0.05) is 23.5 Å². The number of aryl methyl sites for hydroxylation is 1. The van der Waals surface area contributed by atoms with E-state index in [1.807, 2.05) is 36.6 Å². The number of nitrogens with zero attached hydrogens (tertiary/aromatic N) is 2. The Labute approximate surface area is 157 Å². The van der Waals surface area contributed by atoms with Gasteiger partial charge in [0, 0.05) is 12.1 Å². The Morgan fingerprint density at radius 3 is 2.59 bits per heavy atom. The van der Waals surface area contributed by atoms with Gasteiger partial charge in [0.05, 0.1) is 16.9 Å². The van der Waals surface area contributed by atoms with E-state index in [0.29, 0.717) is 23.7 Å². The van der Waals surface area contributed by atoms with Gasteiger partial charge in [0.15, 0.2) is 4.80 Å². The van der Waals surface area contributed by atoms with Crippen LogP contribution in [0.15, 0.2) is 47.5 Å². The highest BCUT2D eigenvalue weighted by atomic mass is 32.1. The molecule has 0 aliphatic heterocycles. The fourth-order valence-electron chi connectivity index (χ4n) is 2.73. The van der Waals surface area contributed by atoms with Gasteiger partial charge in [-0.15, -0.1) is 0 Å². The van der Waals surface area contributed by atoms with E-state index in [1.54, 1.807) is 0 Å². The quantitative estimate of drug-likeness (QED) is 0.633. The second-order valence-corrected chi connectivity index (χ2v) is 6.67. The minimum Gasteiger partial charge on any atom is -0.492 e. The van der Waals surface area contributed by atoms with Crippen LogP contribution >= 0.6 is 11.3 Å². The molecule has 0 spiro atoms. The maximum Gasteiger partial charge on any atom is 0.416 e. The molecule has 0 saturated heterocycles. The Balaban J connectivity index is 2.11. The van der Waals surface area contributed by atoms with Crippen LogP contribution in [0, 0.1) is 0 Å². The van der Waals surface area contributed by atoms with Gasteiger partial charge in [-0.25, -0.2) is 0 Å². The van der Waals surface area contributed by atoms with Gasteiger partial charge in [-0.2, -0.15) is 18.2 Å². The Morgan fingerprint density at radius 2 is 1.93 bits per heavy atom. The number of thiazole rings is 1. The fourth-order valence-corrected chi connectivity index (χ4v) is 3.84. The van der Waals surface area contributed by atoms with Crippen molar-refractivity contribution in [1.82, 2.24) is 4.57 Å². The summed E-state index contributed by atoms with van der Waals surface area (Å²) in [5.41, 5.74) is -0.153. The van der Waals surface area contributed by atoms with Crippen LogP contribution in [-0.2, 0) is 12.7 Å². The van der Waals surface area contributed by atoms with Crippen molar-refractivity contribution in [3.05, 3.63) is 58.4 Å². The number of halogens is 3. The molecule has 0 atom stereocenters. The molecular formula is C19H17F3N2O2S. The summed E-state index contributed by atoms with van der Waals surface area (Å²) >= 11 is 1.29. The number of rotatable bonds is 4. The third kappa shape index (κ3) is 3.90. The molecule has 0 unspecified atom stereocenters. The first kappa shape index (κ1) is 19.2. The van der Waals surface area contributed by atoms with Crippen LogP contribution in [-0.4, -0.2) is 17.1 Å². The molecule has 0 radical (unpaired) electrons. The lowest BCUT2D eigenvalue weighted by Crippen LogP contribution is -2.16. The number of benzene rings is 2. The van der Waals surface area contributed by atoms with E-state index in [0.717, 1.165) is 22.3 Å². The van der Waals surface area contributed by atoms with Gasteiger partial charge in [-0.3, -0.25) is 4.79 Å². The standard InChI is InChI=1S/C19H17F3N2O2S/c1-3-24-16-14(26-4-2)9-6-10-15(16)27-18(24)23-17(25)12-7-5-8-13(11-12)19(20,21)22/h5-11H,3-4H2,1-2H3. The van der Waals surface area contributed by atoms with E-state index in [4.69, 9.17) is 4.74 Å². The third-order valence-corrected chi connectivity index (χ3v) is 4.96. The summed E-state index contributed by atoms with van der Waals surface area (Å²) in [6, 6.07) is 9.86. The zero-order chi connectivity index (χ0) is 19.6. The Kier molecular flexibility index (Phi) is 5.36. The van der Waals surface area contributed by atoms with Crippen LogP contribution in [0.2, 0.25) is 0 Å². The molecule has 1 amide bonds. The SMILES string of the molecule is CCOc1cccc2sc(=NC(=O)c3cccc(C(F)(F)F)c3)n(CC)c12. The monoisotopic (exact) mass is 394 g/mol. The van der Waals surface area contributed by atoms with Crippen molar-refractivity contribution in [1.29, 1.82) is 0 Å². The molecule has 0 N–H and O–H groups in total. The molecule has 3 aromatic rings. The molecule has 0 fully saturated rings. The van der Waals surface area contributed by atoms with E-state index in [2.05, 4.69) is 4.99 Å². The van der Waals surface area contributed by atoms with Crippen molar-refractivity contribution in [3.8, 4) is 5.75 Å². The van der Waals surface area contributed by atoms with Gasteiger partial charge in [0.2, 0.25) is 0 Å². The topological polar surface area (TPSA) is 43.6 Å². The second-order valence-electron chi connectivity index (χ2n) is 5.66. The number of carbonyl (C=O) groups is 1. The van der Waals surface area contributed by atoms with Crippen LogP contribution in [0.25, 0.3) is 10.2 Å². The zero-order valence-electron chi connectivity index (χ0n) is 14.7. The van der Waals surface area contributed by atoms with E-state index < -0.39 is 17.6 Å². The number of ether oxygens (including phenoxy) is 1. The molecule has 2 aromatic carbocycles. The molecule has 3 rings (SSSR count). The highest BCUT2D eigenvalue weighted by Crippen LogP contribution is 2.30. The molecule has 0 bridgehead atoms. The van der Waals surface area contributed by atoms with Crippen molar-refractivity contribution < 1.29 is 22.7 Å². The lowest BCUT2D eigenvalue weighted by Gasteiger charge is -2.08. The highest BCUT2D eigenvalue weighted by molar-refractivity contribution is 7.16. The number of para-hydroxylation sites is 1. The molecule has 0 aliphatic carbocycles. The second kappa shape index (κ2) is 7.56. The summed E-state index contributed by atoms with van der Waals surface area (Å²) in [5.74, 6) is -0.0334. The van der Waals surface area contributed by atoms with Crippen molar-refractivity contribution in [3.63, 3.8) is 0 Å². The van der Waals surface area contributed by atoms with Crippen LogP contribution in [0.1, 0.15) is 29.8 Å². The first-order chi connectivity index (χ1) is 12.8. The summed E-state index contributed by atoms with van der Waals surface area (Å²) in [5, 5.41) is 0. The van der Waals surface area contributed by atoms with E-state index >= 15 is 0 Å². The van der Waals surface area contributed by atoms with Gasteiger partial charge in [0.1, 0.15) is 11.3 Å². The van der Waals surface area contributed by atoms with Crippen molar-refractivity contribution in [2.24, 2.45) is 4.99 Å². The van der Waals surface area contributed by atoms with Crippen molar-refractivity contribution >= 4 is 27.5 Å². The van der Waals surface area contributed by atoms with Gasteiger partial charge in [0.25, 0.3) is 5.91 Å². The number of fused-ring (bicyclic) bond motifs is 1. The predicted molar refractivity (Wildman–Crippen MR) is 98.0 cm³/mol. The maximum atomic E-state index is 12.9. The summed E-state index contributed by atoms with van der Waals surface area (Å²) < 4.78 is 47.0. The Morgan fingerprint density at radius 1 is 1.19 bits per heavy atom. The van der Waals surface area contributed by atoms with Crippen LogP contribution in [0.5, 0.6) is 5.75 Å². The Hall–Kier alpha value is -2.61. The number of alkyl halides is 3. The van der Waals surface area contributed by atoms with Crippen molar-refractivity contribution in [2.75, 3.05) is 6.61 Å². The summed E-state index contributed by atoms with van der Waals surface area (Å²) in [7, 11) is 0. The fraction of sp³-hybridized carbons (Fsp3) is 0.263. The number of carbonyl (C=O) groups excluding carboxylic acids is 1. The number of amides is 1. The molecule has 27 heavy (non-hydrogen) atoms. The number of hydrogen-bond donors (Lipinski definition) is 0. The average Bonchev–Trinajstić information content (AvgIpc) is 2.99. The molecule has 1 aromatic heterocycles. The Bertz CT molecular complexity index is 1050. The van der Waals surface area contributed by atoms with Gasteiger partial charge in [-0.05, 0) is 44.2 Å². The molecule has 1 heterocycles. The van der Waals surface area contributed by atoms with E-state index in [1.165, 1.54) is 23.5 Å². The highest BCUT2D eigenvalue weighted by Gasteiger charge is 2.30. The number of aromatic nitrogens is 1. The van der Waals surface area contributed by atoms with Crippen LogP contribution in [0.3, 0.4) is 0 Å². The van der Waals surface area contributed by atoms with Crippen molar-refractivity contribution in [2.45, 2.75) is 26.6 Å². The molecule has 142 valence electrons. The van der Waals surface area contributed by atoms with E-state index in [9.17, 15) is 18.0 Å². The number of hydrogen-bond acceptors (Lipinski definition) is 3. The smallest absolute Gasteiger partial charge is 0.416 e. The first-order valence-corrected chi connectivity index (χ1v) is 9.18. The first-order valence-electron chi connectivity index (χ1n) is 8.36. The van der Waals surface area contributed by atoms with Crippen LogP contribution < -0.4 is 9.54 Å². The zero-order valence-corrected chi connectivity index (χ0v) is 15.5. The molecule has 0 saturated carbocycles. The average molecular weight is 394 g/mol. The van der Waals surface area contributed by atoms with E-state index in [-0.39, 0.29) is 5.56 Å². The minimum absolute atomic E-state index is 0.102. The predicted octanol–water partition coefficient (Wildman–Crippen LogP) is 4.88. The minimum atomic E-state index is -4.51. The summed E-state index contributed by atoms with van der Waals surface area (Å²) in [6.45, 7) is 4.82. The summed E-state index contributed by atoms with van der Waals surface area (Å²) in [6.07, 6.45) is -4.51. The van der Waals surface area contributed by atoms with Gasteiger partial charge >= 0.3 is 6.18 Å². The lowest BCUT2D eigenvalue weighted by molar-refractivity contribution is -0.137. The third-order valence-electron chi connectivity index (χ3n) is 3.91. The molecule has 8 heteroatoms. The largest absolute Gasteiger partial charge is 0.492 e. The molecular weight excluding hydrogens is 377 g/mol.